The topological polar surface area (TPSA) is 71.7 Å². The maximum absolute atomic E-state index is 12.2. The average molecular weight is 301 g/mol. The van der Waals surface area contributed by atoms with Crippen LogP contribution in [-0.4, -0.2) is 23.2 Å². The van der Waals surface area contributed by atoms with Crippen LogP contribution in [0.2, 0.25) is 0 Å². The SMILES string of the molecule is O=C(NCC1(O)CCC1)c1occc1COc1ccccc1. The van der Waals surface area contributed by atoms with Crippen molar-refractivity contribution in [2.45, 2.75) is 31.5 Å². The molecule has 3 rings (SSSR count). The number of hydrogen-bond acceptors (Lipinski definition) is 4. The van der Waals surface area contributed by atoms with Crippen molar-refractivity contribution in [2.75, 3.05) is 6.54 Å². The molecule has 1 aliphatic rings. The van der Waals surface area contributed by atoms with Crippen LogP contribution in [0.15, 0.2) is 47.1 Å². The fraction of sp³-hybridized carbons (Fsp3) is 0.353. The van der Waals surface area contributed by atoms with Crippen LogP contribution in [0.25, 0.3) is 0 Å². The van der Waals surface area contributed by atoms with E-state index in [1.165, 1.54) is 6.26 Å². The van der Waals surface area contributed by atoms with E-state index in [9.17, 15) is 9.90 Å². The second-order valence-corrected chi connectivity index (χ2v) is 5.64. The molecule has 22 heavy (non-hydrogen) atoms. The first-order valence-corrected chi connectivity index (χ1v) is 7.41. The molecule has 0 atom stereocenters. The van der Waals surface area contributed by atoms with E-state index in [-0.39, 0.29) is 24.8 Å². The molecule has 2 aromatic rings. The summed E-state index contributed by atoms with van der Waals surface area (Å²) in [4.78, 5) is 12.2. The Balaban J connectivity index is 1.58. The summed E-state index contributed by atoms with van der Waals surface area (Å²) >= 11 is 0. The predicted octanol–water partition coefficient (Wildman–Crippen LogP) is 2.50. The van der Waals surface area contributed by atoms with Crippen molar-refractivity contribution >= 4 is 5.91 Å². The number of para-hydroxylation sites is 1. The highest BCUT2D eigenvalue weighted by molar-refractivity contribution is 5.92. The number of aliphatic hydroxyl groups is 1. The van der Waals surface area contributed by atoms with Crippen molar-refractivity contribution in [3.05, 3.63) is 54.0 Å². The molecule has 1 amide bonds. The largest absolute Gasteiger partial charge is 0.489 e. The molecule has 1 saturated carbocycles. The van der Waals surface area contributed by atoms with Gasteiger partial charge in [-0.15, -0.1) is 0 Å². The second-order valence-electron chi connectivity index (χ2n) is 5.64. The number of ether oxygens (including phenoxy) is 1. The van der Waals surface area contributed by atoms with Gasteiger partial charge in [-0.2, -0.15) is 0 Å². The zero-order valence-electron chi connectivity index (χ0n) is 12.2. The highest BCUT2D eigenvalue weighted by Crippen LogP contribution is 2.30. The zero-order chi connectivity index (χ0) is 15.4. The smallest absolute Gasteiger partial charge is 0.287 e. The molecular weight excluding hydrogens is 282 g/mol. The van der Waals surface area contributed by atoms with Gasteiger partial charge in [-0.3, -0.25) is 4.79 Å². The van der Waals surface area contributed by atoms with Crippen LogP contribution in [0.4, 0.5) is 0 Å². The number of carbonyl (C=O) groups excluding carboxylic acids is 1. The Kier molecular flexibility index (Phi) is 4.15. The van der Waals surface area contributed by atoms with Gasteiger partial charge < -0.3 is 19.6 Å². The Morgan fingerprint density at radius 1 is 1.27 bits per heavy atom. The third-order valence-corrected chi connectivity index (χ3v) is 3.95. The van der Waals surface area contributed by atoms with Crippen LogP contribution >= 0.6 is 0 Å². The summed E-state index contributed by atoms with van der Waals surface area (Å²) in [5.74, 6) is 0.648. The molecule has 5 heteroatoms. The molecule has 116 valence electrons. The Morgan fingerprint density at radius 3 is 2.73 bits per heavy atom. The highest BCUT2D eigenvalue weighted by atomic mass is 16.5. The van der Waals surface area contributed by atoms with E-state index in [4.69, 9.17) is 9.15 Å². The summed E-state index contributed by atoms with van der Waals surface area (Å²) in [7, 11) is 0. The molecule has 0 aliphatic heterocycles. The van der Waals surface area contributed by atoms with Crippen molar-refractivity contribution in [1.29, 1.82) is 0 Å². The van der Waals surface area contributed by atoms with Crippen LogP contribution in [0.3, 0.4) is 0 Å². The third kappa shape index (κ3) is 3.31. The van der Waals surface area contributed by atoms with Gasteiger partial charge in [0.25, 0.3) is 5.91 Å². The Labute approximate surface area is 128 Å². The summed E-state index contributed by atoms with van der Waals surface area (Å²) in [5.41, 5.74) is -0.0647. The molecule has 0 radical (unpaired) electrons. The van der Waals surface area contributed by atoms with E-state index in [0.717, 1.165) is 25.0 Å². The molecule has 0 bridgehead atoms. The minimum atomic E-state index is -0.747. The van der Waals surface area contributed by atoms with E-state index >= 15 is 0 Å². The first-order valence-electron chi connectivity index (χ1n) is 7.41. The van der Waals surface area contributed by atoms with Gasteiger partial charge in [0.15, 0.2) is 5.76 Å². The molecule has 1 aromatic carbocycles. The van der Waals surface area contributed by atoms with Crippen molar-refractivity contribution in [3.63, 3.8) is 0 Å². The number of furan rings is 1. The van der Waals surface area contributed by atoms with Crippen LogP contribution in [0.1, 0.15) is 35.4 Å². The molecular formula is C17H19NO4. The lowest BCUT2D eigenvalue weighted by molar-refractivity contribution is -0.0302. The third-order valence-electron chi connectivity index (χ3n) is 3.95. The van der Waals surface area contributed by atoms with Crippen LogP contribution in [0.5, 0.6) is 5.75 Å². The summed E-state index contributed by atoms with van der Waals surface area (Å²) in [6.45, 7) is 0.513. The van der Waals surface area contributed by atoms with Gasteiger partial charge in [-0.05, 0) is 37.5 Å². The standard InChI is InChI=1S/C17H19NO4/c19-16(18-12-17(20)8-4-9-17)15-13(7-10-21-15)11-22-14-5-2-1-3-6-14/h1-3,5-7,10,20H,4,8-9,11-12H2,(H,18,19). The van der Waals surface area contributed by atoms with Crippen LogP contribution < -0.4 is 10.1 Å². The van der Waals surface area contributed by atoms with E-state index < -0.39 is 5.60 Å². The first kappa shape index (κ1) is 14.7. The van der Waals surface area contributed by atoms with Crippen molar-refractivity contribution < 1.29 is 19.1 Å². The summed E-state index contributed by atoms with van der Waals surface area (Å²) in [6, 6.07) is 11.1. The molecule has 1 heterocycles. The van der Waals surface area contributed by atoms with Gasteiger partial charge in [0.2, 0.25) is 0 Å². The van der Waals surface area contributed by atoms with Crippen molar-refractivity contribution in [2.24, 2.45) is 0 Å². The van der Waals surface area contributed by atoms with E-state index in [1.54, 1.807) is 6.07 Å². The molecule has 2 N–H and O–H groups in total. The average Bonchev–Trinajstić information content (AvgIpc) is 2.98. The molecule has 0 spiro atoms. The molecule has 1 aromatic heterocycles. The lowest BCUT2D eigenvalue weighted by Gasteiger charge is -2.36. The van der Waals surface area contributed by atoms with E-state index in [2.05, 4.69) is 5.32 Å². The molecule has 0 saturated heterocycles. The quantitative estimate of drug-likeness (QED) is 0.860. The maximum Gasteiger partial charge on any atom is 0.287 e. The summed E-state index contributed by atoms with van der Waals surface area (Å²) in [5, 5.41) is 12.7. The normalized spacial score (nSPS) is 15.9. The Hall–Kier alpha value is -2.27. The van der Waals surface area contributed by atoms with Gasteiger partial charge in [0.1, 0.15) is 12.4 Å². The number of hydrogen-bond donors (Lipinski definition) is 2. The number of carbonyl (C=O) groups is 1. The molecule has 5 nitrogen and oxygen atoms in total. The van der Waals surface area contributed by atoms with Crippen molar-refractivity contribution in [3.8, 4) is 5.75 Å². The molecule has 1 aliphatic carbocycles. The summed E-state index contributed by atoms with van der Waals surface area (Å²) < 4.78 is 10.9. The van der Waals surface area contributed by atoms with Gasteiger partial charge in [0, 0.05) is 12.1 Å². The Bertz CT molecular complexity index is 631. The van der Waals surface area contributed by atoms with Crippen molar-refractivity contribution in [1.82, 2.24) is 5.32 Å². The molecule has 1 fully saturated rings. The van der Waals surface area contributed by atoms with Gasteiger partial charge in [0.05, 0.1) is 11.9 Å². The lowest BCUT2D eigenvalue weighted by Crippen LogP contribution is -2.47. The number of rotatable bonds is 6. The lowest BCUT2D eigenvalue weighted by atomic mass is 9.80. The Morgan fingerprint density at radius 2 is 2.05 bits per heavy atom. The second kappa shape index (κ2) is 6.23. The maximum atomic E-state index is 12.2. The van der Waals surface area contributed by atoms with Crippen LogP contribution in [-0.2, 0) is 6.61 Å². The fourth-order valence-electron chi connectivity index (χ4n) is 2.41. The van der Waals surface area contributed by atoms with E-state index in [1.807, 2.05) is 30.3 Å². The van der Waals surface area contributed by atoms with Gasteiger partial charge >= 0.3 is 0 Å². The first-order chi connectivity index (χ1) is 10.7. The monoisotopic (exact) mass is 301 g/mol. The van der Waals surface area contributed by atoms with Crippen LogP contribution in [0, 0.1) is 0 Å². The minimum Gasteiger partial charge on any atom is -0.489 e. The highest BCUT2D eigenvalue weighted by Gasteiger charge is 2.35. The number of amides is 1. The fourth-order valence-corrected chi connectivity index (χ4v) is 2.41. The number of nitrogens with one attached hydrogen (secondary N) is 1. The minimum absolute atomic E-state index is 0.235. The predicted molar refractivity (Wildman–Crippen MR) is 80.6 cm³/mol. The molecule has 0 unspecified atom stereocenters. The summed E-state index contributed by atoms with van der Waals surface area (Å²) in [6.07, 6.45) is 3.94. The zero-order valence-corrected chi connectivity index (χ0v) is 12.2. The van der Waals surface area contributed by atoms with E-state index in [0.29, 0.717) is 5.56 Å². The van der Waals surface area contributed by atoms with Gasteiger partial charge in [-0.1, -0.05) is 18.2 Å². The number of benzene rings is 1. The van der Waals surface area contributed by atoms with Gasteiger partial charge in [-0.25, -0.2) is 0 Å².